The fourth-order valence-corrected chi connectivity index (χ4v) is 12.2. The number of aromatic nitrogens is 6. The molecule has 0 unspecified atom stereocenters. The van der Waals surface area contributed by atoms with Gasteiger partial charge in [0, 0.05) is 75.0 Å². The van der Waals surface area contributed by atoms with Crippen LogP contribution >= 0.6 is 11.3 Å². The van der Waals surface area contributed by atoms with E-state index in [0.717, 1.165) is 82.6 Å². The standard InChI is InChI=1S/C63H38N6S/c1-3-17-39(18-4-1)41-21-15-22-42(37-41)68-55-36-33-43(67-52-28-11-7-23-44(52)45-24-8-12-29-53(45)67)38-51(55)48-35-34-47-46-25-9-13-30-54(46)69(60(47)59(48)68)63-65-61(40-19-5-2-6-20-40)64-62(66-63)50-27-16-32-57-58(50)49-26-10-14-31-56(49)70-57/h1-38H. The van der Waals surface area contributed by atoms with Crippen molar-refractivity contribution in [3.8, 4) is 51.2 Å². The van der Waals surface area contributed by atoms with Crippen LogP contribution in [0, 0.1) is 0 Å². The molecular weight excluding hydrogens is 873 g/mol. The number of fused-ring (bicyclic) bond motifs is 13. The molecule has 5 aromatic heterocycles. The second kappa shape index (κ2) is 15.2. The Morgan fingerprint density at radius 1 is 0.300 bits per heavy atom. The largest absolute Gasteiger partial charge is 0.309 e. The van der Waals surface area contributed by atoms with Crippen molar-refractivity contribution in [3.05, 3.63) is 231 Å². The van der Waals surface area contributed by atoms with E-state index in [1.807, 2.05) is 18.2 Å². The summed E-state index contributed by atoms with van der Waals surface area (Å²) < 4.78 is 9.60. The first kappa shape index (κ1) is 38.9. The molecule has 0 bridgehead atoms. The molecule has 326 valence electrons. The number of benzene rings is 10. The zero-order valence-electron chi connectivity index (χ0n) is 37.5. The highest BCUT2D eigenvalue weighted by Gasteiger charge is 2.25. The van der Waals surface area contributed by atoms with Crippen LogP contribution in [0.3, 0.4) is 0 Å². The molecule has 0 fully saturated rings. The van der Waals surface area contributed by atoms with Crippen LogP contribution < -0.4 is 0 Å². The van der Waals surface area contributed by atoms with Gasteiger partial charge in [0.15, 0.2) is 11.6 Å². The Kier molecular flexibility index (Phi) is 8.43. The van der Waals surface area contributed by atoms with E-state index in [1.165, 1.54) is 36.6 Å². The predicted octanol–water partition coefficient (Wildman–Crippen LogP) is 16.5. The average Bonchev–Trinajstić information content (AvgIpc) is 4.18. The molecule has 0 aliphatic heterocycles. The maximum atomic E-state index is 5.56. The lowest BCUT2D eigenvalue weighted by atomic mass is 10.1. The second-order valence-electron chi connectivity index (χ2n) is 18.0. The molecule has 10 aromatic carbocycles. The normalized spacial score (nSPS) is 12.0. The summed E-state index contributed by atoms with van der Waals surface area (Å²) in [6, 6.07) is 82.7. The van der Waals surface area contributed by atoms with Gasteiger partial charge in [0.2, 0.25) is 5.95 Å². The van der Waals surface area contributed by atoms with Gasteiger partial charge in [-0.15, -0.1) is 11.3 Å². The summed E-state index contributed by atoms with van der Waals surface area (Å²) >= 11 is 1.80. The number of hydrogen-bond acceptors (Lipinski definition) is 4. The van der Waals surface area contributed by atoms with Crippen molar-refractivity contribution in [2.24, 2.45) is 0 Å². The first-order valence-electron chi connectivity index (χ1n) is 23.6. The Morgan fingerprint density at radius 2 is 0.829 bits per heavy atom. The molecule has 0 amide bonds. The molecule has 0 aliphatic rings. The summed E-state index contributed by atoms with van der Waals surface area (Å²) in [6.07, 6.45) is 0. The highest BCUT2D eigenvalue weighted by Crippen LogP contribution is 2.44. The van der Waals surface area contributed by atoms with Crippen molar-refractivity contribution >= 4 is 96.9 Å². The summed E-state index contributed by atoms with van der Waals surface area (Å²) in [5.74, 6) is 1.80. The number of rotatable bonds is 6. The second-order valence-corrected chi connectivity index (χ2v) is 19.0. The maximum absolute atomic E-state index is 5.56. The molecule has 0 N–H and O–H groups in total. The van der Waals surface area contributed by atoms with E-state index in [0.29, 0.717) is 17.6 Å². The number of thiophene rings is 1. The van der Waals surface area contributed by atoms with Gasteiger partial charge in [-0.2, -0.15) is 9.97 Å². The maximum Gasteiger partial charge on any atom is 0.238 e. The highest BCUT2D eigenvalue weighted by atomic mass is 32.1. The molecule has 0 spiro atoms. The monoisotopic (exact) mass is 910 g/mol. The van der Waals surface area contributed by atoms with E-state index in [-0.39, 0.29) is 0 Å². The molecule has 0 saturated heterocycles. The Morgan fingerprint density at radius 3 is 1.57 bits per heavy atom. The van der Waals surface area contributed by atoms with Crippen molar-refractivity contribution in [2.45, 2.75) is 0 Å². The van der Waals surface area contributed by atoms with E-state index >= 15 is 0 Å². The van der Waals surface area contributed by atoms with Gasteiger partial charge in [-0.05, 0) is 71.8 Å². The first-order chi connectivity index (χ1) is 34.7. The van der Waals surface area contributed by atoms with Crippen molar-refractivity contribution < 1.29 is 0 Å². The Bertz CT molecular complexity index is 4540. The summed E-state index contributed by atoms with van der Waals surface area (Å²) in [4.78, 5) is 16.3. The minimum atomic E-state index is 0.555. The minimum Gasteiger partial charge on any atom is -0.309 e. The van der Waals surface area contributed by atoms with Crippen molar-refractivity contribution in [1.82, 2.24) is 28.7 Å². The Hall–Kier alpha value is -9.17. The van der Waals surface area contributed by atoms with Crippen LogP contribution in [0.25, 0.3) is 137 Å². The predicted molar refractivity (Wildman–Crippen MR) is 292 cm³/mol. The minimum absolute atomic E-state index is 0.555. The smallest absolute Gasteiger partial charge is 0.238 e. The molecule has 0 aliphatic carbocycles. The lowest BCUT2D eigenvalue weighted by Crippen LogP contribution is -2.07. The quantitative estimate of drug-likeness (QED) is 0.167. The number of nitrogens with zero attached hydrogens (tertiary/aromatic N) is 6. The lowest BCUT2D eigenvalue weighted by molar-refractivity contribution is 0.954. The molecule has 15 rings (SSSR count). The third kappa shape index (κ3) is 5.76. The van der Waals surface area contributed by atoms with Crippen LogP contribution in [0.4, 0.5) is 0 Å². The molecule has 70 heavy (non-hydrogen) atoms. The Labute approximate surface area is 405 Å². The van der Waals surface area contributed by atoms with Gasteiger partial charge < -0.3 is 9.13 Å². The van der Waals surface area contributed by atoms with Gasteiger partial charge >= 0.3 is 0 Å². The zero-order valence-corrected chi connectivity index (χ0v) is 38.3. The van der Waals surface area contributed by atoms with Crippen LogP contribution in [0.15, 0.2) is 231 Å². The lowest BCUT2D eigenvalue weighted by Gasteiger charge is -2.14. The van der Waals surface area contributed by atoms with E-state index in [1.54, 1.807) is 11.3 Å². The molecule has 0 saturated carbocycles. The summed E-state index contributed by atoms with van der Waals surface area (Å²) in [7, 11) is 0. The zero-order chi connectivity index (χ0) is 45.9. The van der Waals surface area contributed by atoms with Crippen LogP contribution in [0.2, 0.25) is 0 Å². The highest BCUT2D eigenvalue weighted by molar-refractivity contribution is 7.25. The SMILES string of the molecule is c1ccc(-c2cccc(-n3c4ccc(-n5c6ccccc6c6ccccc65)cc4c4ccc5c6ccccc6n(-c6nc(-c7ccccc7)nc(-c7cccc8sc9ccccc9c78)n6)c5c43)c2)cc1. The molecular formula is C63H38N6S. The van der Waals surface area contributed by atoms with Crippen molar-refractivity contribution in [1.29, 1.82) is 0 Å². The molecule has 6 nitrogen and oxygen atoms in total. The van der Waals surface area contributed by atoms with Crippen LogP contribution in [0.5, 0.6) is 0 Å². The van der Waals surface area contributed by atoms with Crippen molar-refractivity contribution in [2.75, 3.05) is 0 Å². The topological polar surface area (TPSA) is 53.5 Å². The van der Waals surface area contributed by atoms with Gasteiger partial charge in [0.25, 0.3) is 0 Å². The van der Waals surface area contributed by atoms with Crippen LogP contribution in [-0.4, -0.2) is 28.7 Å². The van der Waals surface area contributed by atoms with Gasteiger partial charge in [0.1, 0.15) is 0 Å². The first-order valence-corrected chi connectivity index (χ1v) is 24.4. The molecule has 7 heteroatoms. The van der Waals surface area contributed by atoms with Crippen LogP contribution in [0.1, 0.15) is 0 Å². The Balaban J connectivity index is 1.08. The van der Waals surface area contributed by atoms with Gasteiger partial charge in [-0.25, -0.2) is 4.98 Å². The molecule has 5 heterocycles. The molecule has 15 aromatic rings. The number of para-hydroxylation sites is 3. The van der Waals surface area contributed by atoms with E-state index in [2.05, 4.69) is 226 Å². The van der Waals surface area contributed by atoms with E-state index in [4.69, 9.17) is 15.0 Å². The summed E-state index contributed by atoms with van der Waals surface area (Å²) in [5.41, 5.74) is 12.9. The van der Waals surface area contributed by atoms with E-state index < -0.39 is 0 Å². The third-order valence-electron chi connectivity index (χ3n) is 14.1. The molecule has 0 radical (unpaired) electrons. The molecule has 0 atom stereocenters. The van der Waals surface area contributed by atoms with Gasteiger partial charge in [0.05, 0.1) is 33.1 Å². The fraction of sp³-hybridized carbons (Fsp3) is 0. The van der Waals surface area contributed by atoms with Gasteiger partial charge in [-0.3, -0.25) is 4.57 Å². The number of hydrogen-bond donors (Lipinski definition) is 0. The fourth-order valence-electron chi connectivity index (χ4n) is 11.1. The summed E-state index contributed by atoms with van der Waals surface area (Å²) in [6.45, 7) is 0. The van der Waals surface area contributed by atoms with E-state index in [9.17, 15) is 0 Å². The van der Waals surface area contributed by atoms with Gasteiger partial charge in [-0.1, -0.05) is 170 Å². The van der Waals surface area contributed by atoms with Crippen molar-refractivity contribution in [3.63, 3.8) is 0 Å². The summed E-state index contributed by atoms with van der Waals surface area (Å²) in [5, 5.41) is 9.34. The van der Waals surface area contributed by atoms with Crippen LogP contribution in [-0.2, 0) is 0 Å². The average molecular weight is 911 g/mol. The third-order valence-corrected chi connectivity index (χ3v) is 15.2.